The number of nitrogens with zero attached hydrogens (tertiary/aromatic N) is 2. The summed E-state index contributed by atoms with van der Waals surface area (Å²) in [5, 5.41) is 0. The van der Waals surface area contributed by atoms with E-state index in [1.165, 1.54) is 5.56 Å². The molecule has 4 heteroatoms. The lowest BCUT2D eigenvalue weighted by Crippen LogP contribution is -2.48. The SMILES string of the molecule is COc1ccc(CN2C[C@@H]3OCCN(C)[C@@H]3C2)cc1. The Morgan fingerprint density at radius 2 is 2.05 bits per heavy atom. The van der Waals surface area contributed by atoms with Gasteiger partial charge in [0.2, 0.25) is 0 Å². The topological polar surface area (TPSA) is 24.9 Å². The van der Waals surface area contributed by atoms with Gasteiger partial charge in [-0.05, 0) is 24.7 Å². The van der Waals surface area contributed by atoms with Crippen molar-refractivity contribution >= 4 is 0 Å². The van der Waals surface area contributed by atoms with Crippen molar-refractivity contribution < 1.29 is 9.47 Å². The van der Waals surface area contributed by atoms with E-state index >= 15 is 0 Å². The van der Waals surface area contributed by atoms with Gasteiger partial charge in [-0.15, -0.1) is 0 Å². The highest BCUT2D eigenvalue weighted by Crippen LogP contribution is 2.23. The summed E-state index contributed by atoms with van der Waals surface area (Å²) in [6.45, 7) is 5.06. The molecule has 2 aliphatic rings. The van der Waals surface area contributed by atoms with Gasteiger partial charge in [0.1, 0.15) is 5.75 Å². The summed E-state index contributed by atoms with van der Waals surface area (Å²) in [6.07, 6.45) is 0.386. The smallest absolute Gasteiger partial charge is 0.118 e. The molecule has 2 atom stereocenters. The molecule has 0 unspecified atom stereocenters. The second-order valence-corrected chi connectivity index (χ2v) is 5.50. The zero-order valence-corrected chi connectivity index (χ0v) is 11.7. The minimum atomic E-state index is 0.386. The molecule has 0 radical (unpaired) electrons. The van der Waals surface area contributed by atoms with Crippen LogP contribution in [0.1, 0.15) is 5.56 Å². The Bertz CT molecular complexity index is 421. The molecule has 2 fully saturated rings. The van der Waals surface area contributed by atoms with Crippen LogP contribution in [0.5, 0.6) is 5.75 Å². The normalized spacial score (nSPS) is 28.3. The number of rotatable bonds is 3. The molecule has 104 valence electrons. The zero-order valence-electron chi connectivity index (χ0n) is 11.7. The van der Waals surface area contributed by atoms with Crippen molar-refractivity contribution in [1.82, 2.24) is 9.80 Å². The molecule has 0 amide bonds. The molecule has 4 nitrogen and oxygen atoms in total. The Morgan fingerprint density at radius 1 is 1.26 bits per heavy atom. The molecule has 2 heterocycles. The van der Waals surface area contributed by atoms with E-state index in [9.17, 15) is 0 Å². The van der Waals surface area contributed by atoms with Gasteiger partial charge in [-0.2, -0.15) is 0 Å². The third kappa shape index (κ3) is 2.76. The Morgan fingerprint density at radius 3 is 2.74 bits per heavy atom. The Hall–Kier alpha value is -1.10. The maximum absolute atomic E-state index is 5.87. The highest BCUT2D eigenvalue weighted by atomic mass is 16.5. The monoisotopic (exact) mass is 262 g/mol. The van der Waals surface area contributed by atoms with E-state index in [1.54, 1.807) is 7.11 Å². The summed E-state index contributed by atoms with van der Waals surface area (Å²) in [4.78, 5) is 4.92. The Balaban J connectivity index is 1.61. The molecule has 1 aromatic carbocycles. The van der Waals surface area contributed by atoms with Crippen LogP contribution in [0.3, 0.4) is 0 Å². The minimum Gasteiger partial charge on any atom is -0.497 e. The van der Waals surface area contributed by atoms with Crippen molar-refractivity contribution in [1.29, 1.82) is 0 Å². The van der Waals surface area contributed by atoms with Gasteiger partial charge in [-0.25, -0.2) is 0 Å². The molecule has 3 rings (SSSR count). The van der Waals surface area contributed by atoms with E-state index in [4.69, 9.17) is 9.47 Å². The molecular weight excluding hydrogens is 240 g/mol. The summed E-state index contributed by atoms with van der Waals surface area (Å²) >= 11 is 0. The lowest BCUT2D eigenvalue weighted by atomic mass is 10.1. The quantitative estimate of drug-likeness (QED) is 0.817. The predicted octanol–water partition coefficient (Wildman–Crippen LogP) is 1.21. The standard InChI is InChI=1S/C15H22N2O2/c1-16-7-8-19-15-11-17(10-14(15)16)9-12-3-5-13(18-2)6-4-12/h3-6,14-15H,7-11H2,1-2H3/t14-,15+/m1/s1. The Kier molecular flexibility index (Phi) is 3.73. The van der Waals surface area contributed by atoms with Gasteiger partial charge in [0, 0.05) is 32.2 Å². The number of methoxy groups -OCH3 is 1. The van der Waals surface area contributed by atoms with Crippen LogP contribution < -0.4 is 4.74 Å². The van der Waals surface area contributed by atoms with Crippen LogP contribution in [0.15, 0.2) is 24.3 Å². The van der Waals surface area contributed by atoms with Crippen LogP contribution in [-0.2, 0) is 11.3 Å². The summed E-state index contributed by atoms with van der Waals surface area (Å²) in [6, 6.07) is 8.91. The summed E-state index contributed by atoms with van der Waals surface area (Å²) < 4.78 is 11.1. The average Bonchev–Trinajstić information content (AvgIpc) is 2.84. The van der Waals surface area contributed by atoms with Crippen LogP contribution in [0, 0.1) is 0 Å². The van der Waals surface area contributed by atoms with Crippen molar-refractivity contribution in [3.05, 3.63) is 29.8 Å². The molecule has 2 aliphatic heterocycles. The van der Waals surface area contributed by atoms with E-state index in [0.717, 1.165) is 38.5 Å². The molecule has 0 saturated carbocycles. The molecule has 0 aliphatic carbocycles. The van der Waals surface area contributed by atoms with E-state index in [2.05, 4.69) is 29.0 Å². The first-order chi connectivity index (χ1) is 9.26. The first kappa shape index (κ1) is 12.9. The van der Waals surface area contributed by atoms with Gasteiger partial charge in [-0.1, -0.05) is 12.1 Å². The number of likely N-dealkylation sites (tertiary alicyclic amines) is 1. The number of likely N-dealkylation sites (N-methyl/N-ethyl adjacent to an activating group) is 1. The molecule has 0 bridgehead atoms. The Labute approximate surface area is 114 Å². The van der Waals surface area contributed by atoms with Crippen molar-refractivity contribution in [2.45, 2.75) is 18.7 Å². The van der Waals surface area contributed by atoms with Gasteiger partial charge in [-0.3, -0.25) is 9.80 Å². The molecule has 0 N–H and O–H groups in total. The number of benzene rings is 1. The van der Waals surface area contributed by atoms with E-state index in [-0.39, 0.29) is 0 Å². The zero-order chi connectivity index (χ0) is 13.2. The van der Waals surface area contributed by atoms with Crippen molar-refractivity contribution in [2.24, 2.45) is 0 Å². The lowest BCUT2D eigenvalue weighted by Gasteiger charge is -2.33. The molecule has 19 heavy (non-hydrogen) atoms. The summed E-state index contributed by atoms with van der Waals surface area (Å²) in [5.41, 5.74) is 1.34. The summed E-state index contributed by atoms with van der Waals surface area (Å²) in [7, 11) is 3.91. The second kappa shape index (κ2) is 5.49. The number of morpholine rings is 1. The molecular formula is C15H22N2O2. The van der Waals surface area contributed by atoms with Gasteiger partial charge < -0.3 is 9.47 Å². The number of fused-ring (bicyclic) bond motifs is 1. The van der Waals surface area contributed by atoms with Gasteiger partial charge in [0.15, 0.2) is 0 Å². The highest BCUT2D eigenvalue weighted by molar-refractivity contribution is 5.27. The number of hydrogen-bond donors (Lipinski definition) is 0. The van der Waals surface area contributed by atoms with Crippen LogP contribution in [0.2, 0.25) is 0 Å². The fourth-order valence-corrected chi connectivity index (χ4v) is 3.05. The molecule has 1 aromatic rings. The van der Waals surface area contributed by atoms with E-state index < -0.39 is 0 Å². The third-order valence-corrected chi connectivity index (χ3v) is 4.22. The molecule has 2 saturated heterocycles. The fraction of sp³-hybridized carbons (Fsp3) is 0.600. The first-order valence-corrected chi connectivity index (χ1v) is 6.93. The third-order valence-electron chi connectivity index (χ3n) is 4.22. The van der Waals surface area contributed by atoms with Crippen LogP contribution in [0.4, 0.5) is 0 Å². The van der Waals surface area contributed by atoms with Crippen molar-refractivity contribution in [3.63, 3.8) is 0 Å². The van der Waals surface area contributed by atoms with Gasteiger partial charge in [0.25, 0.3) is 0 Å². The van der Waals surface area contributed by atoms with Crippen LogP contribution >= 0.6 is 0 Å². The lowest BCUT2D eigenvalue weighted by molar-refractivity contribution is -0.0370. The highest BCUT2D eigenvalue weighted by Gasteiger charge is 2.38. The van der Waals surface area contributed by atoms with Crippen LogP contribution in [0.25, 0.3) is 0 Å². The van der Waals surface area contributed by atoms with Gasteiger partial charge >= 0.3 is 0 Å². The molecule has 0 spiro atoms. The summed E-state index contributed by atoms with van der Waals surface area (Å²) in [5.74, 6) is 0.918. The number of ether oxygens (including phenoxy) is 2. The maximum atomic E-state index is 5.87. The van der Waals surface area contributed by atoms with E-state index in [1.807, 2.05) is 12.1 Å². The minimum absolute atomic E-state index is 0.386. The predicted molar refractivity (Wildman–Crippen MR) is 74.4 cm³/mol. The number of hydrogen-bond acceptors (Lipinski definition) is 4. The van der Waals surface area contributed by atoms with Crippen molar-refractivity contribution in [2.75, 3.05) is 40.4 Å². The van der Waals surface area contributed by atoms with Crippen molar-refractivity contribution in [3.8, 4) is 5.75 Å². The maximum Gasteiger partial charge on any atom is 0.118 e. The largest absolute Gasteiger partial charge is 0.497 e. The van der Waals surface area contributed by atoms with Gasteiger partial charge in [0.05, 0.1) is 19.8 Å². The molecule has 0 aromatic heterocycles. The second-order valence-electron chi connectivity index (χ2n) is 5.50. The average molecular weight is 262 g/mol. The fourth-order valence-electron chi connectivity index (χ4n) is 3.05. The van der Waals surface area contributed by atoms with Crippen LogP contribution in [-0.4, -0.2) is 62.3 Å². The van der Waals surface area contributed by atoms with E-state index in [0.29, 0.717) is 12.1 Å². The first-order valence-electron chi connectivity index (χ1n) is 6.93.